The second-order valence-electron chi connectivity index (χ2n) is 5.36. The molecule has 1 aliphatic carbocycles. The molecule has 0 amide bonds. The summed E-state index contributed by atoms with van der Waals surface area (Å²) in [5.74, 6) is 2.95. The van der Waals surface area contributed by atoms with Crippen molar-refractivity contribution >= 4 is 11.6 Å². The predicted molar refractivity (Wildman–Crippen MR) is 78.9 cm³/mol. The minimum atomic E-state index is -0.111. The number of hydrogen-bond donors (Lipinski definition) is 2. The Hall–Kier alpha value is -1.40. The van der Waals surface area contributed by atoms with Crippen molar-refractivity contribution in [2.75, 3.05) is 37.5 Å². The summed E-state index contributed by atoms with van der Waals surface area (Å²) >= 11 is 0. The van der Waals surface area contributed by atoms with E-state index in [1.165, 1.54) is 0 Å². The third-order valence-corrected chi connectivity index (χ3v) is 3.52. The molecule has 2 N–H and O–H groups in total. The van der Waals surface area contributed by atoms with Crippen LogP contribution in [0.3, 0.4) is 0 Å². The van der Waals surface area contributed by atoms with Crippen LogP contribution < -0.4 is 10.2 Å². The average molecular weight is 280 g/mol. The van der Waals surface area contributed by atoms with Crippen LogP contribution in [0, 0.1) is 5.92 Å². The highest BCUT2D eigenvalue weighted by molar-refractivity contribution is 5.49. The fraction of sp³-hybridized carbons (Fsp3) is 0.714. The third-order valence-electron chi connectivity index (χ3n) is 3.52. The minimum Gasteiger partial charge on any atom is -0.393 e. The highest BCUT2D eigenvalue weighted by atomic mass is 16.5. The van der Waals surface area contributed by atoms with Crippen LogP contribution in [-0.4, -0.2) is 48.4 Å². The molecule has 1 saturated carbocycles. The zero-order chi connectivity index (χ0) is 14.5. The van der Waals surface area contributed by atoms with Gasteiger partial charge in [-0.1, -0.05) is 0 Å². The lowest BCUT2D eigenvalue weighted by molar-refractivity contribution is 0.0464. The van der Waals surface area contributed by atoms with Crippen molar-refractivity contribution in [3.8, 4) is 0 Å². The summed E-state index contributed by atoms with van der Waals surface area (Å²) in [5, 5.41) is 12.6. The van der Waals surface area contributed by atoms with Crippen LogP contribution in [0.2, 0.25) is 0 Å². The zero-order valence-corrected chi connectivity index (χ0v) is 12.5. The SMILES string of the molecule is CCNc1cc(N(C)CC2CC(O)C2)nc(COC)n1. The summed E-state index contributed by atoms with van der Waals surface area (Å²) in [4.78, 5) is 11.1. The standard InChI is InChI=1S/C14H24N4O2/c1-4-15-12-7-14(17-13(16-12)9-20-3)18(2)8-10-5-11(19)6-10/h7,10-11,19H,4-6,8-9H2,1-3H3,(H,15,16,17). The maximum Gasteiger partial charge on any atom is 0.158 e. The second-order valence-corrected chi connectivity index (χ2v) is 5.36. The van der Waals surface area contributed by atoms with Crippen LogP contribution in [-0.2, 0) is 11.3 Å². The Kier molecular flexibility index (Phi) is 5.14. The molecular weight excluding hydrogens is 256 g/mol. The molecule has 6 heteroatoms. The van der Waals surface area contributed by atoms with Crippen LogP contribution in [0.15, 0.2) is 6.07 Å². The summed E-state index contributed by atoms with van der Waals surface area (Å²) in [5.41, 5.74) is 0. The zero-order valence-electron chi connectivity index (χ0n) is 12.5. The number of nitrogens with one attached hydrogen (secondary N) is 1. The van der Waals surface area contributed by atoms with E-state index in [9.17, 15) is 5.11 Å². The molecule has 1 heterocycles. The maximum absolute atomic E-state index is 9.36. The molecule has 20 heavy (non-hydrogen) atoms. The fourth-order valence-corrected chi connectivity index (χ4v) is 2.47. The Labute approximate surface area is 120 Å². The van der Waals surface area contributed by atoms with Crippen LogP contribution >= 0.6 is 0 Å². The summed E-state index contributed by atoms with van der Waals surface area (Å²) in [7, 11) is 3.67. The van der Waals surface area contributed by atoms with Crippen molar-refractivity contribution in [1.29, 1.82) is 0 Å². The van der Waals surface area contributed by atoms with E-state index in [2.05, 4.69) is 20.2 Å². The first-order valence-corrected chi connectivity index (χ1v) is 7.12. The molecule has 6 nitrogen and oxygen atoms in total. The Morgan fingerprint density at radius 3 is 2.80 bits per heavy atom. The Bertz CT molecular complexity index is 411. The maximum atomic E-state index is 9.36. The van der Waals surface area contributed by atoms with Gasteiger partial charge in [-0.3, -0.25) is 0 Å². The van der Waals surface area contributed by atoms with Gasteiger partial charge in [0.25, 0.3) is 0 Å². The van der Waals surface area contributed by atoms with Crippen LogP contribution in [0.1, 0.15) is 25.6 Å². The molecule has 1 aromatic heterocycles. The molecular formula is C14H24N4O2. The van der Waals surface area contributed by atoms with E-state index >= 15 is 0 Å². The molecule has 1 aliphatic rings. The molecule has 1 fully saturated rings. The number of aromatic nitrogens is 2. The lowest BCUT2D eigenvalue weighted by Gasteiger charge is -2.34. The van der Waals surface area contributed by atoms with Crippen LogP contribution in [0.25, 0.3) is 0 Å². The molecule has 1 aromatic rings. The lowest BCUT2D eigenvalue weighted by atomic mass is 9.82. The van der Waals surface area contributed by atoms with Gasteiger partial charge in [-0.05, 0) is 25.7 Å². The molecule has 0 aliphatic heterocycles. The van der Waals surface area contributed by atoms with E-state index in [1.54, 1.807) is 7.11 Å². The van der Waals surface area contributed by atoms with Gasteiger partial charge in [0.15, 0.2) is 5.82 Å². The van der Waals surface area contributed by atoms with E-state index in [1.807, 2.05) is 20.0 Å². The fourth-order valence-electron chi connectivity index (χ4n) is 2.47. The topological polar surface area (TPSA) is 70.5 Å². The van der Waals surface area contributed by atoms with Crippen molar-refractivity contribution in [1.82, 2.24) is 9.97 Å². The summed E-state index contributed by atoms with van der Waals surface area (Å²) in [6, 6.07) is 1.96. The van der Waals surface area contributed by atoms with Crippen LogP contribution in [0.5, 0.6) is 0 Å². The molecule has 0 atom stereocenters. The van der Waals surface area contributed by atoms with Gasteiger partial charge in [-0.25, -0.2) is 9.97 Å². The monoisotopic (exact) mass is 280 g/mol. The molecule has 0 unspecified atom stereocenters. The van der Waals surface area contributed by atoms with Crippen molar-refractivity contribution in [3.63, 3.8) is 0 Å². The molecule has 0 spiro atoms. The number of hydrogen-bond acceptors (Lipinski definition) is 6. The number of aliphatic hydroxyl groups excluding tert-OH is 1. The smallest absolute Gasteiger partial charge is 0.158 e. The van der Waals surface area contributed by atoms with Gasteiger partial charge in [-0.15, -0.1) is 0 Å². The predicted octanol–water partition coefficient (Wildman–Crippen LogP) is 1.26. The van der Waals surface area contributed by atoms with Crippen molar-refractivity contribution in [3.05, 3.63) is 11.9 Å². The molecule has 2 rings (SSSR count). The highest BCUT2D eigenvalue weighted by Gasteiger charge is 2.28. The van der Waals surface area contributed by atoms with Gasteiger partial charge < -0.3 is 20.1 Å². The largest absolute Gasteiger partial charge is 0.393 e. The number of anilines is 2. The van der Waals surface area contributed by atoms with Crippen LogP contribution in [0.4, 0.5) is 11.6 Å². The summed E-state index contributed by atoms with van der Waals surface area (Å²) in [6.07, 6.45) is 1.67. The number of rotatable bonds is 7. The van der Waals surface area contributed by atoms with E-state index < -0.39 is 0 Å². The highest BCUT2D eigenvalue weighted by Crippen LogP contribution is 2.29. The molecule has 0 bridgehead atoms. The van der Waals surface area contributed by atoms with E-state index in [-0.39, 0.29) is 6.10 Å². The van der Waals surface area contributed by atoms with Crippen molar-refractivity contribution < 1.29 is 9.84 Å². The van der Waals surface area contributed by atoms with Gasteiger partial charge in [0.2, 0.25) is 0 Å². The Morgan fingerprint density at radius 1 is 1.45 bits per heavy atom. The minimum absolute atomic E-state index is 0.111. The Balaban J connectivity index is 2.07. The Morgan fingerprint density at radius 2 is 2.20 bits per heavy atom. The van der Waals surface area contributed by atoms with Gasteiger partial charge in [0.05, 0.1) is 6.10 Å². The number of ether oxygens (including phenoxy) is 1. The normalized spacial score (nSPS) is 21.4. The van der Waals surface area contributed by atoms with Gasteiger partial charge in [-0.2, -0.15) is 0 Å². The van der Waals surface area contributed by atoms with Gasteiger partial charge >= 0.3 is 0 Å². The summed E-state index contributed by atoms with van der Waals surface area (Å²) < 4.78 is 5.12. The first-order chi connectivity index (χ1) is 9.62. The van der Waals surface area contributed by atoms with Crippen molar-refractivity contribution in [2.24, 2.45) is 5.92 Å². The molecule has 0 saturated heterocycles. The quantitative estimate of drug-likeness (QED) is 0.783. The summed E-state index contributed by atoms with van der Waals surface area (Å²) in [6.45, 7) is 4.17. The molecule has 0 radical (unpaired) electrons. The van der Waals surface area contributed by atoms with Gasteiger partial charge in [0.1, 0.15) is 18.2 Å². The van der Waals surface area contributed by atoms with E-state index in [4.69, 9.17) is 4.74 Å². The number of nitrogens with zero attached hydrogens (tertiary/aromatic N) is 3. The molecule has 0 aromatic carbocycles. The van der Waals surface area contributed by atoms with Gasteiger partial charge in [0, 0.05) is 33.3 Å². The first-order valence-electron chi connectivity index (χ1n) is 7.12. The second kappa shape index (κ2) is 6.85. The van der Waals surface area contributed by atoms with E-state index in [0.29, 0.717) is 18.3 Å². The number of methoxy groups -OCH3 is 1. The number of aliphatic hydroxyl groups is 1. The lowest BCUT2D eigenvalue weighted by Crippen LogP contribution is -2.37. The van der Waals surface area contributed by atoms with Crippen molar-refractivity contribution in [2.45, 2.75) is 32.5 Å². The third kappa shape index (κ3) is 3.80. The molecule has 112 valence electrons. The average Bonchev–Trinajstić information content (AvgIpc) is 2.37. The first kappa shape index (κ1) is 15.0. The van der Waals surface area contributed by atoms with E-state index in [0.717, 1.165) is 37.6 Å².